The smallest absolute Gasteiger partial charge is 0.0314 e. The lowest BCUT2D eigenvalue weighted by Gasteiger charge is -2.23. The first kappa shape index (κ1) is 11.7. The molecule has 0 saturated carbocycles. The fraction of sp³-hybridized carbons (Fsp3) is 0.250. The summed E-state index contributed by atoms with van der Waals surface area (Å²) < 4.78 is 0. The number of anilines is 1. The van der Waals surface area contributed by atoms with Crippen molar-refractivity contribution in [1.82, 2.24) is 0 Å². The van der Waals surface area contributed by atoms with Gasteiger partial charge in [-0.2, -0.15) is 0 Å². The summed E-state index contributed by atoms with van der Waals surface area (Å²) in [7, 11) is 0. The Hall–Kier alpha value is -1.76. The van der Waals surface area contributed by atoms with Crippen LogP contribution in [-0.2, 0) is 5.41 Å². The number of nitrogens with two attached hydrogens (primary N) is 1. The molecule has 0 heterocycles. The van der Waals surface area contributed by atoms with Crippen LogP contribution in [0.15, 0.2) is 48.5 Å². The summed E-state index contributed by atoms with van der Waals surface area (Å²) in [5.41, 5.74) is 10.6. The van der Waals surface area contributed by atoms with Gasteiger partial charge in [-0.05, 0) is 34.2 Å². The van der Waals surface area contributed by atoms with E-state index >= 15 is 0 Å². The molecule has 0 aromatic heterocycles. The highest BCUT2D eigenvalue weighted by Gasteiger charge is 2.17. The highest BCUT2D eigenvalue weighted by Crippen LogP contribution is 2.32. The molecule has 0 unspecified atom stereocenters. The van der Waals surface area contributed by atoms with E-state index in [1.165, 1.54) is 16.7 Å². The number of hydrogen-bond acceptors (Lipinski definition) is 1. The van der Waals surface area contributed by atoms with E-state index < -0.39 is 0 Å². The first-order valence-electron chi connectivity index (χ1n) is 5.94. The summed E-state index contributed by atoms with van der Waals surface area (Å²) in [5.74, 6) is 0. The zero-order valence-corrected chi connectivity index (χ0v) is 10.7. The second kappa shape index (κ2) is 4.25. The van der Waals surface area contributed by atoms with Crippen LogP contribution in [0.4, 0.5) is 5.69 Å². The molecular formula is C16H19N. The first-order chi connectivity index (χ1) is 7.98. The van der Waals surface area contributed by atoms with Crippen LogP contribution >= 0.6 is 0 Å². The van der Waals surface area contributed by atoms with Crippen LogP contribution in [-0.4, -0.2) is 0 Å². The molecule has 2 rings (SSSR count). The minimum atomic E-state index is 0.151. The van der Waals surface area contributed by atoms with Gasteiger partial charge in [-0.1, -0.05) is 57.2 Å². The summed E-state index contributed by atoms with van der Waals surface area (Å²) in [5, 5.41) is 0. The molecule has 17 heavy (non-hydrogen) atoms. The number of rotatable bonds is 1. The van der Waals surface area contributed by atoms with Gasteiger partial charge in [0.2, 0.25) is 0 Å². The standard InChI is InChI=1S/C16H19N/c1-16(2,3)15-7-5-4-6-14(15)12-8-10-13(17)11-9-12/h4-11H,17H2,1-3H3. The van der Waals surface area contributed by atoms with E-state index in [4.69, 9.17) is 5.73 Å². The van der Waals surface area contributed by atoms with Gasteiger partial charge in [0.25, 0.3) is 0 Å². The Bertz CT molecular complexity index is 504. The minimum Gasteiger partial charge on any atom is -0.399 e. The van der Waals surface area contributed by atoms with E-state index in [1.54, 1.807) is 0 Å². The van der Waals surface area contributed by atoms with E-state index in [1.807, 2.05) is 12.1 Å². The maximum absolute atomic E-state index is 5.73. The first-order valence-corrected chi connectivity index (χ1v) is 5.94. The van der Waals surface area contributed by atoms with Crippen molar-refractivity contribution in [3.63, 3.8) is 0 Å². The minimum absolute atomic E-state index is 0.151. The lowest BCUT2D eigenvalue weighted by molar-refractivity contribution is 0.592. The molecular weight excluding hydrogens is 206 g/mol. The Labute approximate surface area is 103 Å². The van der Waals surface area contributed by atoms with E-state index in [0.717, 1.165) is 5.69 Å². The number of benzene rings is 2. The van der Waals surface area contributed by atoms with Crippen LogP contribution in [0.25, 0.3) is 11.1 Å². The third kappa shape index (κ3) is 2.50. The van der Waals surface area contributed by atoms with E-state index in [9.17, 15) is 0 Å². The van der Waals surface area contributed by atoms with Gasteiger partial charge >= 0.3 is 0 Å². The molecule has 0 amide bonds. The van der Waals surface area contributed by atoms with E-state index in [0.29, 0.717) is 0 Å². The largest absolute Gasteiger partial charge is 0.399 e. The molecule has 0 bridgehead atoms. The van der Waals surface area contributed by atoms with Crippen LogP contribution in [0, 0.1) is 0 Å². The lowest BCUT2D eigenvalue weighted by Crippen LogP contribution is -2.12. The van der Waals surface area contributed by atoms with Gasteiger partial charge < -0.3 is 5.73 Å². The highest BCUT2D eigenvalue weighted by molar-refractivity contribution is 5.70. The van der Waals surface area contributed by atoms with Gasteiger partial charge in [0.1, 0.15) is 0 Å². The average Bonchev–Trinajstić information content (AvgIpc) is 2.29. The maximum Gasteiger partial charge on any atom is 0.0314 e. The zero-order chi connectivity index (χ0) is 12.5. The molecule has 0 aliphatic carbocycles. The molecule has 0 spiro atoms. The monoisotopic (exact) mass is 225 g/mol. The summed E-state index contributed by atoms with van der Waals surface area (Å²) in [6, 6.07) is 16.6. The summed E-state index contributed by atoms with van der Waals surface area (Å²) >= 11 is 0. The quantitative estimate of drug-likeness (QED) is 0.722. The van der Waals surface area contributed by atoms with Crippen molar-refractivity contribution in [3.8, 4) is 11.1 Å². The normalized spacial score (nSPS) is 11.5. The topological polar surface area (TPSA) is 26.0 Å². The van der Waals surface area contributed by atoms with Crippen molar-refractivity contribution in [3.05, 3.63) is 54.1 Å². The maximum atomic E-state index is 5.73. The predicted molar refractivity (Wildman–Crippen MR) is 75.0 cm³/mol. The molecule has 0 aliphatic heterocycles. The molecule has 2 aromatic rings. The Morgan fingerprint density at radius 2 is 1.41 bits per heavy atom. The van der Waals surface area contributed by atoms with Gasteiger partial charge in [-0.25, -0.2) is 0 Å². The van der Waals surface area contributed by atoms with Gasteiger partial charge in [0, 0.05) is 5.69 Å². The molecule has 0 aliphatic rings. The molecule has 0 atom stereocenters. The Balaban J connectivity index is 2.56. The van der Waals surface area contributed by atoms with Crippen LogP contribution in [0.2, 0.25) is 0 Å². The van der Waals surface area contributed by atoms with E-state index in [2.05, 4.69) is 57.2 Å². The lowest BCUT2D eigenvalue weighted by atomic mass is 9.82. The fourth-order valence-electron chi connectivity index (χ4n) is 2.05. The van der Waals surface area contributed by atoms with Gasteiger partial charge in [0.05, 0.1) is 0 Å². The van der Waals surface area contributed by atoms with Gasteiger partial charge in [-0.15, -0.1) is 0 Å². The molecule has 88 valence electrons. The van der Waals surface area contributed by atoms with Crippen molar-refractivity contribution in [2.45, 2.75) is 26.2 Å². The van der Waals surface area contributed by atoms with Crippen LogP contribution in [0.3, 0.4) is 0 Å². The van der Waals surface area contributed by atoms with Crippen molar-refractivity contribution >= 4 is 5.69 Å². The van der Waals surface area contributed by atoms with Crippen molar-refractivity contribution < 1.29 is 0 Å². The Morgan fingerprint density at radius 1 is 0.824 bits per heavy atom. The Morgan fingerprint density at radius 3 is 2.00 bits per heavy atom. The molecule has 0 fully saturated rings. The van der Waals surface area contributed by atoms with E-state index in [-0.39, 0.29) is 5.41 Å². The second-order valence-corrected chi connectivity index (χ2v) is 5.42. The molecule has 2 aromatic carbocycles. The molecule has 1 heteroatoms. The van der Waals surface area contributed by atoms with Crippen molar-refractivity contribution in [1.29, 1.82) is 0 Å². The van der Waals surface area contributed by atoms with Gasteiger partial charge in [0.15, 0.2) is 0 Å². The molecule has 0 saturated heterocycles. The summed E-state index contributed by atoms with van der Waals surface area (Å²) in [4.78, 5) is 0. The third-order valence-electron chi connectivity index (χ3n) is 2.96. The van der Waals surface area contributed by atoms with Crippen LogP contribution < -0.4 is 5.73 Å². The zero-order valence-electron chi connectivity index (χ0n) is 10.7. The number of hydrogen-bond donors (Lipinski definition) is 1. The molecule has 0 radical (unpaired) electrons. The Kier molecular flexibility index (Phi) is 2.93. The summed E-state index contributed by atoms with van der Waals surface area (Å²) in [6.07, 6.45) is 0. The predicted octanol–water partition coefficient (Wildman–Crippen LogP) is 4.23. The van der Waals surface area contributed by atoms with Crippen molar-refractivity contribution in [2.24, 2.45) is 0 Å². The highest BCUT2D eigenvalue weighted by atomic mass is 14.5. The number of nitrogen functional groups attached to an aromatic ring is 1. The SMILES string of the molecule is CC(C)(C)c1ccccc1-c1ccc(N)cc1. The molecule has 2 N–H and O–H groups in total. The fourth-order valence-corrected chi connectivity index (χ4v) is 2.05. The second-order valence-electron chi connectivity index (χ2n) is 5.42. The van der Waals surface area contributed by atoms with Crippen LogP contribution in [0.5, 0.6) is 0 Å². The third-order valence-corrected chi connectivity index (χ3v) is 2.96. The summed E-state index contributed by atoms with van der Waals surface area (Å²) in [6.45, 7) is 6.72. The van der Waals surface area contributed by atoms with Crippen molar-refractivity contribution in [2.75, 3.05) is 5.73 Å². The molecule has 1 nitrogen and oxygen atoms in total. The average molecular weight is 225 g/mol. The van der Waals surface area contributed by atoms with Crippen LogP contribution in [0.1, 0.15) is 26.3 Å². The van der Waals surface area contributed by atoms with Gasteiger partial charge in [-0.3, -0.25) is 0 Å².